The summed E-state index contributed by atoms with van der Waals surface area (Å²) in [5.74, 6) is -0.849. The number of aliphatic carboxylic acids is 1. The number of rotatable bonds is 4. The summed E-state index contributed by atoms with van der Waals surface area (Å²) in [5.41, 5.74) is 0. The largest absolute Gasteiger partial charge is 0.481 e. The number of carboxylic acids is 1. The van der Waals surface area contributed by atoms with E-state index < -0.39 is 5.97 Å². The number of hydroxylamine groups is 2. The molecular weight excluding hydrogens is 184 g/mol. The predicted molar refractivity (Wildman–Crippen MR) is 42.8 cm³/mol. The number of carbonyl (C=O) groups is 1. The van der Waals surface area contributed by atoms with Crippen molar-refractivity contribution in [3.05, 3.63) is 0 Å². The molecule has 0 aromatic heterocycles. The van der Waals surface area contributed by atoms with Gasteiger partial charge >= 0.3 is 5.97 Å². The molecule has 0 spiro atoms. The molecule has 1 N–H and O–H groups in total. The third-order valence-corrected chi connectivity index (χ3v) is 1.58. The van der Waals surface area contributed by atoms with Gasteiger partial charge in [-0.05, 0) is 0 Å². The fraction of sp³-hybridized carbons (Fsp3) is 0.667. The van der Waals surface area contributed by atoms with Gasteiger partial charge in [-0.2, -0.15) is 0 Å². The molecule has 1 unspecified atom stereocenters. The number of carboxylic acid groups (broad SMARTS) is 1. The van der Waals surface area contributed by atoms with Crippen molar-refractivity contribution < 1.29 is 14.7 Å². The molecule has 0 aromatic carbocycles. The number of aliphatic imine (C=N–C) groups is 1. The molecule has 0 radical (unpaired) electrons. The minimum absolute atomic E-state index is 0.0537. The molecule has 1 aliphatic heterocycles. The second-order valence-corrected chi connectivity index (χ2v) is 2.53. The Labute approximate surface area is 74.5 Å². The van der Waals surface area contributed by atoms with Gasteiger partial charge in [0, 0.05) is 12.8 Å². The zero-order valence-electron chi connectivity index (χ0n) is 6.31. The molecule has 0 aromatic rings. The Balaban J connectivity index is 2.20. The lowest BCUT2D eigenvalue weighted by molar-refractivity contribution is -0.140. The van der Waals surface area contributed by atoms with Gasteiger partial charge in [0.05, 0.1) is 0 Å². The van der Waals surface area contributed by atoms with E-state index in [9.17, 15) is 4.79 Å². The van der Waals surface area contributed by atoms with Crippen LogP contribution in [0.25, 0.3) is 0 Å². The van der Waals surface area contributed by atoms with Crippen LogP contribution in [-0.4, -0.2) is 34.7 Å². The molecule has 1 heterocycles. The molecular formula is C6H9ClN2O3. The lowest BCUT2D eigenvalue weighted by Crippen LogP contribution is -2.19. The summed E-state index contributed by atoms with van der Waals surface area (Å²) < 4.78 is 0. The summed E-state index contributed by atoms with van der Waals surface area (Å²) in [6.07, 6.45) is 1.50. The molecule has 0 saturated carbocycles. The van der Waals surface area contributed by atoms with Crippen LogP contribution in [0.4, 0.5) is 0 Å². The maximum atomic E-state index is 10.2. The van der Waals surface area contributed by atoms with Crippen molar-refractivity contribution in [2.45, 2.75) is 19.1 Å². The summed E-state index contributed by atoms with van der Waals surface area (Å²) in [6, 6.07) is 0.201. The molecule has 0 aliphatic carbocycles. The fourth-order valence-electron chi connectivity index (χ4n) is 0.793. The Bertz CT molecular complexity index is 197. The Kier molecular flexibility index (Phi) is 3.31. The lowest BCUT2D eigenvalue weighted by atomic mass is 10.3. The van der Waals surface area contributed by atoms with Gasteiger partial charge in [-0.15, -0.1) is 11.6 Å². The van der Waals surface area contributed by atoms with E-state index >= 15 is 0 Å². The van der Waals surface area contributed by atoms with Crippen molar-refractivity contribution in [1.29, 1.82) is 0 Å². The lowest BCUT2D eigenvalue weighted by Gasteiger charge is -2.11. The number of halogens is 1. The minimum Gasteiger partial charge on any atom is -0.481 e. The van der Waals surface area contributed by atoms with E-state index in [1.165, 1.54) is 11.4 Å². The first-order chi connectivity index (χ1) is 5.72. The van der Waals surface area contributed by atoms with E-state index in [4.69, 9.17) is 21.5 Å². The quantitative estimate of drug-likeness (QED) is 0.525. The van der Waals surface area contributed by atoms with Gasteiger partial charge in [-0.1, -0.05) is 0 Å². The third-order valence-electron chi connectivity index (χ3n) is 1.34. The van der Waals surface area contributed by atoms with E-state index in [1.54, 1.807) is 0 Å². The topological polar surface area (TPSA) is 62.1 Å². The van der Waals surface area contributed by atoms with Crippen molar-refractivity contribution in [1.82, 2.24) is 5.06 Å². The molecule has 1 aliphatic rings. The molecule has 1 rings (SSSR count). The van der Waals surface area contributed by atoms with Crippen LogP contribution in [0.15, 0.2) is 4.99 Å². The first kappa shape index (κ1) is 9.28. The summed E-state index contributed by atoms with van der Waals surface area (Å²) in [6.45, 7) is 0. The maximum absolute atomic E-state index is 10.2. The zero-order chi connectivity index (χ0) is 8.97. The van der Waals surface area contributed by atoms with Crippen LogP contribution in [0.3, 0.4) is 0 Å². The van der Waals surface area contributed by atoms with Crippen LogP contribution < -0.4 is 0 Å². The van der Waals surface area contributed by atoms with Crippen molar-refractivity contribution in [2.75, 3.05) is 6.00 Å². The Morgan fingerprint density at radius 3 is 3.08 bits per heavy atom. The number of hydrogen-bond donors (Lipinski definition) is 1. The first-order valence-electron chi connectivity index (χ1n) is 3.47. The Morgan fingerprint density at radius 2 is 2.58 bits per heavy atom. The van der Waals surface area contributed by atoms with Gasteiger partial charge in [0.1, 0.15) is 12.3 Å². The highest BCUT2D eigenvalue weighted by Crippen LogP contribution is 2.11. The smallest absolute Gasteiger partial charge is 0.303 e. The molecule has 6 heteroatoms. The van der Waals surface area contributed by atoms with Gasteiger partial charge in [0.2, 0.25) is 0 Å². The van der Waals surface area contributed by atoms with Crippen LogP contribution >= 0.6 is 11.6 Å². The predicted octanol–water partition coefficient (Wildman–Crippen LogP) is 0.649. The third kappa shape index (κ3) is 2.67. The number of alkyl halides is 1. The zero-order valence-corrected chi connectivity index (χ0v) is 7.07. The molecule has 12 heavy (non-hydrogen) atoms. The minimum atomic E-state index is -0.849. The van der Waals surface area contributed by atoms with E-state index in [2.05, 4.69) is 4.99 Å². The molecule has 1 atom stereocenters. The average Bonchev–Trinajstić information content (AvgIpc) is 2.48. The summed E-state index contributed by atoms with van der Waals surface area (Å²) in [4.78, 5) is 19.1. The second kappa shape index (κ2) is 4.27. The monoisotopic (exact) mass is 192 g/mol. The molecule has 0 bridgehead atoms. The van der Waals surface area contributed by atoms with E-state index in [1.807, 2.05) is 0 Å². The van der Waals surface area contributed by atoms with E-state index in [-0.39, 0.29) is 18.7 Å². The van der Waals surface area contributed by atoms with Gasteiger partial charge in [-0.3, -0.25) is 4.79 Å². The summed E-state index contributed by atoms with van der Waals surface area (Å²) in [7, 11) is 0. The van der Waals surface area contributed by atoms with Crippen molar-refractivity contribution >= 4 is 23.9 Å². The maximum Gasteiger partial charge on any atom is 0.303 e. The van der Waals surface area contributed by atoms with Gasteiger partial charge in [-0.25, -0.2) is 14.9 Å². The van der Waals surface area contributed by atoms with Crippen LogP contribution in [0.2, 0.25) is 0 Å². The highest BCUT2D eigenvalue weighted by molar-refractivity contribution is 6.18. The number of hydrogen-bond acceptors (Lipinski definition) is 4. The fourth-order valence-corrected chi connectivity index (χ4v) is 0.911. The highest BCUT2D eigenvalue weighted by Gasteiger charge is 2.17. The SMILES string of the molecule is O=C(O)CCC1N=CN(CCl)O1. The normalized spacial score (nSPS) is 21.8. The van der Waals surface area contributed by atoms with E-state index in [0.717, 1.165) is 0 Å². The van der Waals surface area contributed by atoms with Crippen LogP contribution in [0, 0.1) is 0 Å². The van der Waals surface area contributed by atoms with Crippen molar-refractivity contribution in [2.24, 2.45) is 4.99 Å². The van der Waals surface area contributed by atoms with Crippen LogP contribution in [0.1, 0.15) is 12.8 Å². The molecule has 0 fully saturated rings. The molecule has 0 saturated heterocycles. The molecule has 0 amide bonds. The molecule has 68 valence electrons. The van der Waals surface area contributed by atoms with Gasteiger partial charge in [0.25, 0.3) is 0 Å². The highest BCUT2D eigenvalue weighted by atomic mass is 35.5. The van der Waals surface area contributed by atoms with Crippen LogP contribution in [-0.2, 0) is 9.63 Å². The standard InChI is InChI=1S/C6H9ClN2O3/c7-3-9-4-8-5(12-9)1-2-6(10)11/h4-5H,1-3H2,(H,10,11). The molecule has 5 nitrogen and oxygen atoms in total. The van der Waals surface area contributed by atoms with Gasteiger partial charge < -0.3 is 5.11 Å². The first-order valence-corrected chi connectivity index (χ1v) is 4.00. The number of nitrogens with zero attached hydrogens (tertiary/aromatic N) is 2. The van der Waals surface area contributed by atoms with E-state index in [0.29, 0.717) is 6.42 Å². The Morgan fingerprint density at radius 1 is 1.83 bits per heavy atom. The second-order valence-electron chi connectivity index (χ2n) is 2.29. The summed E-state index contributed by atoms with van der Waals surface area (Å²) in [5, 5.41) is 9.71. The van der Waals surface area contributed by atoms with Crippen molar-refractivity contribution in [3.8, 4) is 0 Å². The van der Waals surface area contributed by atoms with Crippen molar-refractivity contribution in [3.63, 3.8) is 0 Å². The Hall–Kier alpha value is -0.810. The average molecular weight is 193 g/mol. The summed E-state index contributed by atoms with van der Waals surface area (Å²) >= 11 is 5.43. The van der Waals surface area contributed by atoms with Crippen LogP contribution in [0.5, 0.6) is 0 Å². The van der Waals surface area contributed by atoms with Gasteiger partial charge in [0.15, 0.2) is 6.23 Å².